The zero-order chi connectivity index (χ0) is 102. The second-order valence-electron chi connectivity index (χ2n) is 39.7. The summed E-state index contributed by atoms with van der Waals surface area (Å²) in [6.45, 7) is 29.5. The average molecular weight is 2000 g/mol. The predicted octanol–water partition coefficient (Wildman–Crippen LogP) is 14.4. The van der Waals surface area contributed by atoms with Crippen LogP contribution in [0.2, 0.25) is 10.0 Å². The number of hydrogen-bond donors (Lipinski definition) is 2. The standard InChI is InChI=1S/C36H47ClN2O9.C36H48N2O9.C33H43ClN2O8.Li.H2O/c1-8-9-10-11-12-13-23(18-29(41)47-35(3,4)5)33(42)39-21-36(19-27(39)34(43)45-7)17-16-24-30-25(14-15-28(44-6)31(30)37)38-26(32(24)48-36)20-46-22(2)40;1-8-9-10-11-12-13-24(18-31(40)46-35(3,4)5)33(41)38-22-36(20-30(38)34(42)44-7)17-16-26-27-19-25(43-6)14-15-28(27)37-29(32(26)47-36)21-45-23(2)39;1-6-7-8-9-10-11-20(16-26(38)43-32(2,3)4)30(39)36-19-33(17-24(36)31(40)41)15-14-21-27-22(12-13-25(42-5)28(27)34)35-23(18-37)29(21)44-33;;/h8,14-15,23,27H,1,9-13,16-21H2,2-7H3;8,14-15,19,24,30H,1,9-13,16-18,20-22H2,2-7H3;6,12-13,20,24,37H,1,7-11,14-19H2,2-5H3,(H,40,41);;1H2/q;;;+1;/p-1/t23-,27+,36?;24-,30+,36?;20-,24+,33?;;/m111../s1. The summed E-state index contributed by atoms with van der Waals surface area (Å²) in [5, 5.41) is 23.4. The number of aliphatic hydroxyl groups is 1. The number of benzene rings is 3. The number of rotatable bonds is 38. The number of aryl methyl sites for hydroxylation is 3. The molecule has 0 saturated carbocycles. The van der Waals surface area contributed by atoms with Crippen molar-refractivity contribution < 1.29 is 149 Å². The van der Waals surface area contributed by atoms with E-state index in [1.165, 1.54) is 57.0 Å². The molecule has 3 saturated heterocycles. The van der Waals surface area contributed by atoms with E-state index in [0.29, 0.717) is 153 Å². The van der Waals surface area contributed by atoms with Crippen LogP contribution in [0.15, 0.2) is 80.4 Å². The summed E-state index contributed by atoms with van der Waals surface area (Å²) in [5.41, 5.74) is 0.429. The zero-order valence-corrected chi connectivity index (χ0v) is 86.3. The number of likely N-dealkylation sites (tertiary alicyclic amines) is 3. The van der Waals surface area contributed by atoms with Crippen LogP contribution in [0.25, 0.3) is 32.7 Å². The second-order valence-corrected chi connectivity index (χ2v) is 40.4. The van der Waals surface area contributed by atoms with Gasteiger partial charge in [0.15, 0.2) is 0 Å². The zero-order valence-electron chi connectivity index (χ0n) is 84.8. The number of esters is 7. The van der Waals surface area contributed by atoms with Gasteiger partial charge in [0.1, 0.15) is 117 Å². The first-order valence-electron chi connectivity index (χ1n) is 47.9. The monoisotopic (exact) mass is 1990 g/mol. The largest absolute Gasteiger partial charge is 1.00 e. The number of hydrogen-bond acceptors (Lipinski definition) is 29. The molecule has 6 aromatic rings. The first kappa shape index (κ1) is 115. The molecule has 3 aromatic heterocycles. The van der Waals surface area contributed by atoms with Crippen LogP contribution in [0.3, 0.4) is 0 Å². The van der Waals surface area contributed by atoms with Crippen molar-refractivity contribution in [2.45, 2.75) is 321 Å². The number of fused-ring (bicyclic) bond motifs is 9. The fraction of sp³-hybridized carbons (Fsp3) is 0.581. The number of carboxylic acids is 1. The van der Waals surface area contributed by atoms with Crippen molar-refractivity contribution in [3.63, 3.8) is 0 Å². The van der Waals surface area contributed by atoms with Crippen molar-refractivity contribution >= 4 is 121 Å². The van der Waals surface area contributed by atoms with Gasteiger partial charge in [-0.15, -0.1) is 19.7 Å². The minimum absolute atomic E-state index is 0. The van der Waals surface area contributed by atoms with E-state index in [1.54, 1.807) is 93.7 Å². The van der Waals surface area contributed by atoms with E-state index in [2.05, 4.69) is 24.7 Å². The molecule has 141 heavy (non-hydrogen) atoms. The Balaban J connectivity index is 0.000000257. The summed E-state index contributed by atoms with van der Waals surface area (Å²) in [6.07, 6.45) is 20.1. The van der Waals surface area contributed by atoms with Gasteiger partial charge in [0.05, 0.1) is 108 Å². The van der Waals surface area contributed by atoms with Gasteiger partial charge < -0.3 is 92.0 Å². The number of ether oxygens (including phenoxy) is 13. The van der Waals surface area contributed by atoms with Gasteiger partial charge in [-0.1, -0.05) is 80.0 Å². The van der Waals surface area contributed by atoms with Gasteiger partial charge in [-0.3, -0.25) is 38.4 Å². The van der Waals surface area contributed by atoms with Gasteiger partial charge in [0, 0.05) is 83.7 Å². The molecule has 0 radical (unpaired) electrons. The molecule has 3 fully saturated rings. The molecule has 9 heterocycles. The molecule has 36 heteroatoms. The quantitative estimate of drug-likeness (QED) is 0.0119. The molecule has 3 spiro atoms. The van der Waals surface area contributed by atoms with Gasteiger partial charge in [-0.25, -0.2) is 29.3 Å². The van der Waals surface area contributed by atoms with Crippen LogP contribution < -0.4 is 47.3 Å². The van der Waals surface area contributed by atoms with Gasteiger partial charge in [-0.2, -0.15) is 0 Å². The van der Waals surface area contributed by atoms with Crippen molar-refractivity contribution in [2.24, 2.45) is 17.8 Å². The number of nitrogens with zero attached hydrogens (tertiary/aromatic N) is 6. The first-order valence-corrected chi connectivity index (χ1v) is 48.7. The smallest absolute Gasteiger partial charge is 0.870 e. The third-order valence-electron chi connectivity index (χ3n) is 25.7. The number of amides is 3. The van der Waals surface area contributed by atoms with Gasteiger partial charge >= 0.3 is 66.6 Å². The molecule has 6 aliphatic heterocycles. The van der Waals surface area contributed by atoms with Crippen molar-refractivity contribution in [1.29, 1.82) is 0 Å². The minimum Gasteiger partial charge on any atom is -0.870 e. The van der Waals surface area contributed by atoms with Crippen LogP contribution in [0, 0.1) is 17.8 Å². The Labute approximate surface area is 847 Å². The van der Waals surface area contributed by atoms with E-state index >= 15 is 0 Å². The van der Waals surface area contributed by atoms with Crippen molar-refractivity contribution in [3.8, 4) is 34.5 Å². The number of carbonyl (C=O) groups excluding carboxylic acids is 10. The molecule has 766 valence electrons. The van der Waals surface area contributed by atoms with Crippen molar-refractivity contribution in [3.05, 3.63) is 124 Å². The summed E-state index contributed by atoms with van der Waals surface area (Å²) < 4.78 is 74.2. The molecule has 3 N–H and O–H groups in total. The summed E-state index contributed by atoms with van der Waals surface area (Å²) >= 11 is 13.5. The minimum atomic E-state index is -1.14. The molecule has 9 atom stereocenters. The number of carboxylic acid groups (broad SMARTS) is 1. The molecule has 0 bridgehead atoms. The molecule has 0 aliphatic carbocycles. The molecular weight excluding hydrogens is 1860 g/mol. The summed E-state index contributed by atoms with van der Waals surface area (Å²) in [7, 11) is 7.23. The predicted molar refractivity (Wildman–Crippen MR) is 522 cm³/mol. The van der Waals surface area contributed by atoms with Crippen LogP contribution in [-0.2, 0) is 125 Å². The number of aliphatic hydroxyl groups excluding tert-OH is 1. The maximum Gasteiger partial charge on any atom is 1.00 e. The van der Waals surface area contributed by atoms with E-state index in [0.717, 1.165) is 92.7 Å². The Morgan fingerprint density at radius 3 is 1.14 bits per heavy atom. The fourth-order valence-corrected chi connectivity index (χ4v) is 20.1. The van der Waals surface area contributed by atoms with E-state index in [9.17, 15) is 63.0 Å². The van der Waals surface area contributed by atoms with Gasteiger partial charge in [0.2, 0.25) is 17.7 Å². The molecule has 3 amide bonds. The van der Waals surface area contributed by atoms with Crippen LogP contribution in [-0.4, -0.2) is 218 Å². The SMILES string of the molecule is C=CCCCCC[C@H](CC(=O)OC(C)(C)C)C(=O)N1CC2(CCc3c(c(CO)nc4ccc(OC)c(Cl)c34)O2)C[C@H]1C(=O)O.C=CCCCCC[C@H](CC(=O)OC(C)(C)C)C(=O)N1CC2(CCc3c(c(COC(C)=O)nc4ccc(OC)c(Cl)c34)O2)C[C@H]1C(=O)OC.C=CCCCCC[C@H](CC(=O)OC(C)(C)C)C(=O)N1CC2(CCc3c(c(COC(C)=O)nc4ccc(OC)cc34)O2)C[C@H]1C(=O)OC.[Li+].[OH-]. The third-order valence-corrected chi connectivity index (χ3v) is 26.5. The Morgan fingerprint density at radius 2 is 0.809 bits per heavy atom. The molecule has 3 aromatic carbocycles. The Bertz CT molecular complexity index is 5540. The Hall–Kier alpha value is -10.8. The summed E-state index contributed by atoms with van der Waals surface area (Å²) in [4.78, 5) is 162. The molecule has 3 unspecified atom stereocenters. The van der Waals surface area contributed by atoms with Gasteiger partial charge in [-0.05, 0) is 201 Å². The van der Waals surface area contributed by atoms with Crippen LogP contribution in [0.1, 0.15) is 264 Å². The number of aliphatic carboxylic acids is 1. The van der Waals surface area contributed by atoms with Gasteiger partial charge in [0.25, 0.3) is 0 Å². The summed E-state index contributed by atoms with van der Waals surface area (Å²) in [5.74, 6) is -4.90. The molecule has 12 rings (SSSR count). The molecular formula is C105H139Cl2LiN6O27. The van der Waals surface area contributed by atoms with Crippen molar-refractivity contribution in [1.82, 2.24) is 29.7 Å². The van der Waals surface area contributed by atoms with E-state index < -0.39 is 130 Å². The normalized spacial score (nSPS) is 19.4. The number of unbranched alkanes of at least 4 members (excludes halogenated alkanes) is 9. The molecule has 33 nitrogen and oxygen atoms in total. The fourth-order valence-electron chi connectivity index (χ4n) is 19.4. The maximum atomic E-state index is 14.3. The number of methoxy groups -OCH3 is 5. The van der Waals surface area contributed by atoms with E-state index in [4.69, 9.17) is 94.7 Å². The summed E-state index contributed by atoms with van der Waals surface area (Å²) in [6, 6.07) is 9.58. The number of aromatic nitrogens is 3. The van der Waals surface area contributed by atoms with E-state index in [1.807, 2.05) is 36.4 Å². The average Bonchev–Trinajstić information content (AvgIpc) is 1.68. The van der Waals surface area contributed by atoms with E-state index in [-0.39, 0.29) is 108 Å². The number of pyridine rings is 3. The van der Waals surface area contributed by atoms with Crippen LogP contribution in [0.5, 0.6) is 34.5 Å². The Morgan fingerprint density at radius 1 is 0.475 bits per heavy atom. The maximum absolute atomic E-state index is 14.3. The first-order chi connectivity index (χ1) is 65.8. The third kappa shape index (κ3) is 29.7. The van der Waals surface area contributed by atoms with Crippen molar-refractivity contribution in [2.75, 3.05) is 55.2 Å². The second kappa shape index (κ2) is 50.9. The topological polar surface area (TPSA) is 427 Å². The number of halogens is 2. The number of carbonyl (C=O) groups is 11. The van der Waals surface area contributed by atoms with Crippen LogP contribution >= 0.6 is 23.2 Å². The Kier molecular flexibility index (Phi) is 41.7. The molecule has 6 aliphatic rings. The van der Waals surface area contributed by atoms with Crippen LogP contribution in [0.4, 0.5) is 0 Å². The number of allylic oxidation sites excluding steroid dienone is 3.